The van der Waals surface area contributed by atoms with Crippen molar-refractivity contribution < 1.29 is 4.74 Å². The van der Waals surface area contributed by atoms with Gasteiger partial charge in [0.15, 0.2) is 0 Å². The fraction of sp³-hybridized carbons (Fsp3) is 0.800. The lowest BCUT2D eigenvalue weighted by Gasteiger charge is -1.87. The molecule has 1 nitrogen and oxygen atoms in total. The Bertz CT molecular complexity index is 52.0. The topological polar surface area (TPSA) is 12.5 Å². The van der Waals surface area contributed by atoms with E-state index in [1.807, 2.05) is 11.8 Å². The molecule has 0 saturated carbocycles. The lowest BCUT2D eigenvalue weighted by molar-refractivity contribution is 0.426. The van der Waals surface area contributed by atoms with E-state index < -0.39 is 0 Å². The van der Waals surface area contributed by atoms with Gasteiger partial charge < -0.3 is 4.74 Å². The van der Waals surface area contributed by atoms with Gasteiger partial charge in [0.2, 0.25) is 0 Å². The van der Waals surface area contributed by atoms with Gasteiger partial charge >= 0.3 is 0 Å². The van der Waals surface area contributed by atoms with E-state index in [2.05, 4.69) is 6.92 Å². The van der Waals surface area contributed by atoms with Gasteiger partial charge in [0.1, 0.15) is 0 Å². The molecule has 1 fully saturated rings. The van der Waals surface area contributed by atoms with Crippen molar-refractivity contribution in [3.05, 3.63) is 6.92 Å². The van der Waals surface area contributed by atoms with Crippen LogP contribution in [0.3, 0.4) is 0 Å². The van der Waals surface area contributed by atoms with Crippen LogP contribution in [0.1, 0.15) is 0 Å². The minimum atomic E-state index is 0.576. The average Bonchev–Trinajstić information content (AvgIpc) is 2.42. The van der Waals surface area contributed by atoms with E-state index in [9.17, 15) is 0 Å². The summed E-state index contributed by atoms with van der Waals surface area (Å²) in [7, 11) is 0. The number of hydrogen-bond donors (Lipinski definition) is 0. The van der Waals surface area contributed by atoms with Crippen molar-refractivity contribution in [1.29, 1.82) is 0 Å². The normalized spacial score (nSPS) is 27.9. The van der Waals surface area contributed by atoms with Crippen molar-refractivity contribution >= 4 is 11.8 Å². The van der Waals surface area contributed by atoms with E-state index >= 15 is 0 Å². The van der Waals surface area contributed by atoms with Gasteiger partial charge in [-0.2, -0.15) is 11.8 Å². The summed E-state index contributed by atoms with van der Waals surface area (Å²) in [4.78, 5) is 0. The lowest BCUT2D eigenvalue weighted by Crippen LogP contribution is -1.87. The van der Waals surface area contributed by atoms with E-state index in [4.69, 9.17) is 4.74 Å². The third kappa shape index (κ3) is 2.19. The summed E-state index contributed by atoms with van der Waals surface area (Å²) in [5.74, 6) is 2.11. The molecule has 41 valence electrons. The Labute approximate surface area is 48.4 Å². The molecule has 0 bridgehead atoms. The van der Waals surface area contributed by atoms with Crippen LogP contribution in [0.25, 0.3) is 0 Å². The Balaban J connectivity index is 1.80. The predicted octanol–water partition coefficient (Wildman–Crippen LogP) is 0.952. The van der Waals surface area contributed by atoms with Crippen LogP contribution in [0.4, 0.5) is 0 Å². The second-order valence-corrected chi connectivity index (χ2v) is 2.68. The van der Waals surface area contributed by atoms with E-state index in [0.717, 1.165) is 18.1 Å². The van der Waals surface area contributed by atoms with Gasteiger partial charge in [-0.1, -0.05) is 0 Å². The van der Waals surface area contributed by atoms with Gasteiger partial charge in [-0.15, -0.1) is 0 Å². The Morgan fingerprint density at radius 2 is 2.57 bits per heavy atom. The third-order valence-corrected chi connectivity index (χ3v) is 1.75. The van der Waals surface area contributed by atoms with Gasteiger partial charge in [-0.25, -0.2) is 0 Å². The molecular formula is C5H9OS. The van der Waals surface area contributed by atoms with Crippen LogP contribution in [0, 0.1) is 6.92 Å². The summed E-state index contributed by atoms with van der Waals surface area (Å²) in [6, 6.07) is 0. The number of thioether (sulfide) groups is 1. The molecule has 0 spiro atoms. The maximum atomic E-state index is 4.96. The zero-order chi connectivity index (χ0) is 5.11. The van der Waals surface area contributed by atoms with Gasteiger partial charge in [-0.3, -0.25) is 0 Å². The van der Waals surface area contributed by atoms with Crippen LogP contribution in [0.2, 0.25) is 0 Å². The van der Waals surface area contributed by atoms with Crippen molar-refractivity contribution in [2.45, 2.75) is 6.10 Å². The van der Waals surface area contributed by atoms with Crippen molar-refractivity contribution in [3.63, 3.8) is 0 Å². The van der Waals surface area contributed by atoms with Gasteiger partial charge in [0.25, 0.3) is 0 Å². The second-order valence-electron chi connectivity index (χ2n) is 1.53. The zero-order valence-corrected chi connectivity index (χ0v) is 5.04. The van der Waals surface area contributed by atoms with Crippen LogP contribution in [0.15, 0.2) is 0 Å². The molecule has 0 N–H and O–H groups in total. The number of ether oxygens (including phenoxy) is 1. The van der Waals surface area contributed by atoms with Crippen LogP contribution in [-0.4, -0.2) is 24.2 Å². The Kier molecular flexibility index (Phi) is 2.00. The van der Waals surface area contributed by atoms with Crippen LogP contribution < -0.4 is 0 Å². The predicted molar refractivity (Wildman–Crippen MR) is 32.4 cm³/mol. The second kappa shape index (κ2) is 2.58. The van der Waals surface area contributed by atoms with Gasteiger partial charge in [-0.05, 0) is 12.7 Å². The zero-order valence-electron chi connectivity index (χ0n) is 4.22. The summed E-state index contributed by atoms with van der Waals surface area (Å²) < 4.78 is 4.96. The van der Waals surface area contributed by atoms with Crippen molar-refractivity contribution in [2.24, 2.45) is 0 Å². The summed E-state index contributed by atoms with van der Waals surface area (Å²) in [5.41, 5.74) is 0. The van der Waals surface area contributed by atoms with Gasteiger partial charge in [0.05, 0.1) is 12.7 Å². The molecule has 1 rings (SSSR count). The fourth-order valence-electron chi connectivity index (χ4n) is 0.379. The Morgan fingerprint density at radius 1 is 1.86 bits per heavy atom. The molecule has 1 aliphatic heterocycles. The number of rotatable bonds is 3. The van der Waals surface area contributed by atoms with E-state index in [0.29, 0.717) is 6.10 Å². The SMILES string of the molecule is [CH2]CSCC1CO1. The van der Waals surface area contributed by atoms with Crippen molar-refractivity contribution in [2.75, 3.05) is 18.1 Å². The molecule has 1 radical (unpaired) electrons. The summed E-state index contributed by atoms with van der Waals surface area (Å²) in [6.07, 6.45) is 0.576. The smallest absolute Gasteiger partial charge is 0.0900 e. The average molecular weight is 117 g/mol. The number of hydrogen-bond acceptors (Lipinski definition) is 2. The first-order valence-corrected chi connectivity index (χ1v) is 3.57. The van der Waals surface area contributed by atoms with Crippen LogP contribution >= 0.6 is 11.8 Å². The van der Waals surface area contributed by atoms with E-state index in [1.54, 1.807) is 0 Å². The fourth-order valence-corrected chi connectivity index (χ4v) is 1.00. The molecule has 1 atom stereocenters. The first-order valence-electron chi connectivity index (χ1n) is 2.42. The number of epoxide rings is 1. The van der Waals surface area contributed by atoms with Crippen molar-refractivity contribution in [3.8, 4) is 0 Å². The van der Waals surface area contributed by atoms with Crippen molar-refractivity contribution in [1.82, 2.24) is 0 Å². The highest BCUT2D eigenvalue weighted by molar-refractivity contribution is 7.99. The van der Waals surface area contributed by atoms with Crippen LogP contribution in [-0.2, 0) is 4.74 Å². The first-order chi connectivity index (χ1) is 3.43. The monoisotopic (exact) mass is 117 g/mol. The molecule has 1 heterocycles. The largest absolute Gasteiger partial charge is 0.372 e. The van der Waals surface area contributed by atoms with Gasteiger partial charge in [0, 0.05) is 5.75 Å². The minimum absolute atomic E-state index is 0.576. The molecular weight excluding hydrogens is 108 g/mol. The molecule has 7 heavy (non-hydrogen) atoms. The third-order valence-electron chi connectivity index (χ3n) is 0.850. The molecule has 1 unspecified atom stereocenters. The molecule has 0 aromatic heterocycles. The Morgan fingerprint density at radius 3 is 3.00 bits per heavy atom. The molecule has 0 aliphatic carbocycles. The standard InChI is InChI=1S/C5H9OS/c1-2-7-4-5-3-6-5/h5H,1-4H2. The molecule has 0 aromatic rings. The first kappa shape index (κ1) is 5.45. The van der Waals surface area contributed by atoms with Crippen LogP contribution in [0.5, 0.6) is 0 Å². The quantitative estimate of drug-likeness (QED) is 0.510. The van der Waals surface area contributed by atoms with E-state index in [1.165, 1.54) is 0 Å². The molecule has 2 heteroatoms. The summed E-state index contributed by atoms with van der Waals surface area (Å²) in [5, 5.41) is 0. The highest BCUT2D eigenvalue weighted by atomic mass is 32.2. The van der Waals surface area contributed by atoms with E-state index in [-0.39, 0.29) is 0 Å². The molecule has 0 amide bonds. The highest BCUT2D eigenvalue weighted by Gasteiger charge is 2.20. The molecule has 0 aromatic carbocycles. The summed E-state index contributed by atoms with van der Waals surface area (Å²) >= 11 is 1.84. The summed E-state index contributed by atoms with van der Waals surface area (Å²) in [6.45, 7) is 4.67. The molecule has 1 saturated heterocycles. The maximum absolute atomic E-state index is 4.96. The maximum Gasteiger partial charge on any atom is 0.0900 e. The minimum Gasteiger partial charge on any atom is -0.372 e. The Hall–Kier alpha value is 0.310. The molecule has 1 aliphatic rings. The highest BCUT2D eigenvalue weighted by Crippen LogP contribution is 2.14. The lowest BCUT2D eigenvalue weighted by atomic mass is 10.6.